The number of aromatic nitrogens is 1. The fourth-order valence-electron chi connectivity index (χ4n) is 2.49. The number of nitrogens with one attached hydrogen (secondary N) is 2. The minimum atomic E-state index is -0.422. The van der Waals surface area contributed by atoms with Crippen molar-refractivity contribution < 1.29 is 4.79 Å². The van der Waals surface area contributed by atoms with Crippen molar-refractivity contribution in [2.24, 2.45) is 0 Å². The SMILES string of the molecule is Nc1cccc2[nH]c(=O)c(C(=O)NCCc3ccc(Br)cc3)cc12. The number of hydrogen-bond donors (Lipinski definition) is 3. The van der Waals surface area contributed by atoms with E-state index in [4.69, 9.17) is 5.73 Å². The molecule has 4 N–H and O–H groups in total. The molecule has 0 unspecified atom stereocenters. The number of nitrogen functional groups attached to an aromatic ring is 1. The lowest BCUT2D eigenvalue weighted by molar-refractivity contribution is 0.0953. The van der Waals surface area contributed by atoms with Gasteiger partial charge in [-0.1, -0.05) is 34.1 Å². The normalized spacial score (nSPS) is 10.7. The molecular weight excluding hydrogens is 370 g/mol. The fraction of sp³-hybridized carbons (Fsp3) is 0.111. The first-order valence-corrected chi connectivity index (χ1v) is 8.28. The van der Waals surface area contributed by atoms with Gasteiger partial charge in [0.2, 0.25) is 0 Å². The molecule has 0 aliphatic carbocycles. The van der Waals surface area contributed by atoms with E-state index in [-0.39, 0.29) is 5.56 Å². The van der Waals surface area contributed by atoms with Gasteiger partial charge in [-0.2, -0.15) is 0 Å². The molecule has 0 aliphatic heterocycles. The number of anilines is 1. The predicted octanol–water partition coefficient (Wildman–Crippen LogP) is 2.85. The Morgan fingerprint density at radius 1 is 1.17 bits per heavy atom. The van der Waals surface area contributed by atoms with Crippen LogP contribution in [0, 0.1) is 0 Å². The van der Waals surface area contributed by atoms with Gasteiger partial charge in [0.1, 0.15) is 5.56 Å². The van der Waals surface area contributed by atoms with E-state index in [0.29, 0.717) is 29.6 Å². The summed E-state index contributed by atoms with van der Waals surface area (Å²) in [5, 5.41) is 3.44. The number of amides is 1. The van der Waals surface area contributed by atoms with Crippen LogP contribution in [0.1, 0.15) is 15.9 Å². The van der Waals surface area contributed by atoms with Crippen molar-refractivity contribution >= 4 is 38.4 Å². The molecule has 122 valence electrons. The Morgan fingerprint density at radius 2 is 1.92 bits per heavy atom. The molecule has 0 saturated heterocycles. The lowest BCUT2D eigenvalue weighted by Crippen LogP contribution is -2.31. The first kappa shape index (κ1) is 16.3. The molecule has 3 rings (SSSR count). The van der Waals surface area contributed by atoms with Gasteiger partial charge < -0.3 is 16.0 Å². The van der Waals surface area contributed by atoms with Crippen molar-refractivity contribution in [3.8, 4) is 0 Å². The maximum absolute atomic E-state index is 12.3. The van der Waals surface area contributed by atoms with Crippen molar-refractivity contribution in [2.75, 3.05) is 12.3 Å². The largest absolute Gasteiger partial charge is 0.398 e. The monoisotopic (exact) mass is 385 g/mol. The quantitative estimate of drug-likeness (QED) is 0.603. The van der Waals surface area contributed by atoms with Gasteiger partial charge in [-0.25, -0.2) is 0 Å². The van der Waals surface area contributed by atoms with E-state index in [0.717, 1.165) is 10.0 Å². The first-order valence-electron chi connectivity index (χ1n) is 7.49. The van der Waals surface area contributed by atoms with E-state index in [1.165, 1.54) is 0 Å². The van der Waals surface area contributed by atoms with Crippen molar-refractivity contribution in [1.29, 1.82) is 0 Å². The second-order valence-electron chi connectivity index (χ2n) is 5.45. The number of carbonyl (C=O) groups excluding carboxylic acids is 1. The van der Waals surface area contributed by atoms with Gasteiger partial charge in [0.05, 0.1) is 5.52 Å². The minimum absolute atomic E-state index is 0.0659. The van der Waals surface area contributed by atoms with Crippen LogP contribution in [0.3, 0.4) is 0 Å². The van der Waals surface area contributed by atoms with E-state index in [9.17, 15) is 9.59 Å². The molecule has 0 fully saturated rings. The van der Waals surface area contributed by atoms with Crippen molar-refractivity contribution in [2.45, 2.75) is 6.42 Å². The van der Waals surface area contributed by atoms with Gasteiger partial charge in [-0.05, 0) is 42.3 Å². The lowest BCUT2D eigenvalue weighted by atomic mass is 10.1. The van der Waals surface area contributed by atoms with Gasteiger partial charge in [-0.3, -0.25) is 9.59 Å². The number of rotatable bonds is 4. The van der Waals surface area contributed by atoms with Crippen LogP contribution in [0.25, 0.3) is 10.9 Å². The number of benzene rings is 2. The Hall–Kier alpha value is -2.60. The van der Waals surface area contributed by atoms with E-state index in [1.807, 2.05) is 24.3 Å². The number of nitrogens with two attached hydrogens (primary N) is 1. The van der Waals surface area contributed by atoms with Crippen LogP contribution in [0.2, 0.25) is 0 Å². The Kier molecular flexibility index (Phi) is 4.66. The average Bonchev–Trinajstić information content (AvgIpc) is 2.56. The topological polar surface area (TPSA) is 88.0 Å². The molecule has 1 heterocycles. The summed E-state index contributed by atoms with van der Waals surface area (Å²) >= 11 is 3.38. The Bertz CT molecular complexity index is 949. The van der Waals surface area contributed by atoms with E-state index in [2.05, 4.69) is 26.2 Å². The third kappa shape index (κ3) is 3.49. The zero-order valence-electron chi connectivity index (χ0n) is 12.8. The van der Waals surface area contributed by atoms with Crippen LogP contribution in [0.5, 0.6) is 0 Å². The van der Waals surface area contributed by atoms with Crippen LogP contribution < -0.4 is 16.6 Å². The number of fused-ring (bicyclic) bond motifs is 1. The zero-order chi connectivity index (χ0) is 17.1. The van der Waals surface area contributed by atoms with E-state index < -0.39 is 11.5 Å². The zero-order valence-corrected chi connectivity index (χ0v) is 14.4. The van der Waals surface area contributed by atoms with Gasteiger partial charge in [0, 0.05) is 22.1 Å². The maximum Gasteiger partial charge on any atom is 0.261 e. The molecule has 0 saturated carbocycles. The predicted molar refractivity (Wildman–Crippen MR) is 99.2 cm³/mol. The van der Waals surface area contributed by atoms with E-state index >= 15 is 0 Å². The van der Waals surface area contributed by atoms with Crippen LogP contribution in [-0.2, 0) is 6.42 Å². The minimum Gasteiger partial charge on any atom is -0.398 e. The number of pyridine rings is 1. The fourth-order valence-corrected chi connectivity index (χ4v) is 2.75. The molecule has 5 nitrogen and oxygen atoms in total. The third-order valence-corrected chi connectivity index (χ3v) is 4.31. The summed E-state index contributed by atoms with van der Waals surface area (Å²) in [4.78, 5) is 27.1. The standard InChI is InChI=1S/C18H16BrN3O2/c19-12-6-4-11(5-7-12)8-9-21-17(23)14-10-13-15(20)2-1-3-16(13)22-18(14)24/h1-7,10H,8-9,20H2,(H,21,23)(H,22,24). The molecule has 0 atom stereocenters. The molecule has 0 bridgehead atoms. The molecule has 2 aromatic carbocycles. The van der Waals surface area contributed by atoms with Gasteiger partial charge in [-0.15, -0.1) is 0 Å². The second-order valence-corrected chi connectivity index (χ2v) is 6.37. The number of halogens is 1. The summed E-state index contributed by atoms with van der Waals surface area (Å²) in [6, 6.07) is 14.7. The third-order valence-electron chi connectivity index (χ3n) is 3.78. The summed E-state index contributed by atoms with van der Waals surface area (Å²) in [5.74, 6) is -0.404. The average molecular weight is 386 g/mol. The van der Waals surface area contributed by atoms with Gasteiger partial charge in [0.15, 0.2) is 0 Å². The van der Waals surface area contributed by atoms with Crippen LogP contribution >= 0.6 is 15.9 Å². The van der Waals surface area contributed by atoms with Crippen molar-refractivity contribution in [3.05, 3.63) is 74.5 Å². The van der Waals surface area contributed by atoms with E-state index in [1.54, 1.807) is 24.3 Å². The van der Waals surface area contributed by atoms with Gasteiger partial charge in [0.25, 0.3) is 11.5 Å². The van der Waals surface area contributed by atoms with Crippen LogP contribution in [0.4, 0.5) is 5.69 Å². The Balaban J connectivity index is 1.74. The van der Waals surface area contributed by atoms with Crippen LogP contribution in [-0.4, -0.2) is 17.4 Å². The molecule has 6 heteroatoms. The summed E-state index contributed by atoms with van der Waals surface area (Å²) in [6.45, 7) is 0.447. The molecular formula is C18H16BrN3O2. The molecule has 1 amide bonds. The van der Waals surface area contributed by atoms with Crippen molar-refractivity contribution in [1.82, 2.24) is 10.3 Å². The second kappa shape index (κ2) is 6.88. The Morgan fingerprint density at radius 3 is 2.67 bits per heavy atom. The Labute approximate surface area is 147 Å². The van der Waals surface area contributed by atoms with Crippen molar-refractivity contribution in [3.63, 3.8) is 0 Å². The molecule has 0 radical (unpaired) electrons. The highest BCUT2D eigenvalue weighted by Crippen LogP contribution is 2.18. The summed E-state index contributed by atoms with van der Waals surface area (Å²) < 4.78 is 1.01. The molecule has 0 spiro atoms. The smallest absolute Gasteiger partial charge is 0.261 e. The molecule has 3 aromatic rings. The maximum atomic E-state index is 12.3. The summed E-state index contributed by atoms with van der Waals surface area (Å²) in [6.07, 6.45) is 0.687. The number of hydrogen-bond acceptors (Lipinski definition) is 3. The highest BCUT2D eigenvalue weighted by Gasteiger charge is 2.12. The number of aromatic amines is 1. The molecule has 0 aliphatic rings. The molecule has 24 heavy (non-hydrogen) atoms. The molecule has 1 aromatic heterocycles. The lowest BCUT2D eigenvalue weighted by Gasteiger charge is -2.07. The van der Waals surface area contributed by atoms with Gasteiger partial charge >= 0.3 is 0 Å². The first-order chi connectivity index (χ1) is 11.5. The summed E-state index contributed by atoms with van der Waals surface area (Å²) in [5.41, 5.74) is 7.79. The summed E-state index contributed by atoms with van der Waals surface area (Å²) in [7, 11) is 0. The number of carbonyl (C=O) groups is 1. The highest BCUT2D eigenvalue weighted by molar-refractivity contribution is 9.10. The highest BCUT2D eigenvalue weighted by atomic mass is 79.9. The number of H-pyrrole nitrogens is 1. The van der Waals surface area contributed by atoms with Crippen LogP contribution in [0.15, 0.2) is 57.8 Å².